The second kappa shape index (κ2) is 2.82. The molecule has 2 unspecified atom stereocenters. The molecule has 0 saturated heterocycles. The minimum Gasteiger partial charge on any atom is -0.393 e. The number of fused-ring (bicyclic) bond motifs is 1. The van der Waals surface area contributed by atoms with E-state index in [0.717, 1.165) is 19.3 Å². The van der Waals surface area contributed by atoms with Crippen molar-refractivity contribution in [3.63, 3.8) is 0 Å². The van der Waals surface area contributed by atoms with Gasteiger partial charge in [0.1, 0.15) is 0 Å². The van der Waals surface area contributed by atoms with Crippen LogP contribution >= 0.6 is 0 Å². The molecule has 0 amide bonds. The van der Waals surface area contributed by atoms with Crippen LogP contribution in [0.3, 0.4) is 0 Å². The van der Waals surface area contributed by atoms with E-state index in [1.807, 2.05) is 0 Å². The first kappa shape index (κ1) is 7.11. The Morgan fingerprint density at radius 2 is 1.73 bits per heavy atom. The number of rotatable bonds is 0. The van der Waals surface area contributed by atoms with E-state index in [-0.39, 0.29) is 6.10 Å². The standard InChI is InChI=1S/C10H14O/c11-10-6-5-8-3-1-2-4-9(8)7-10/h1-4,8-11H,5-7H2/t8?,9?,10-/m1/s1. The zero-order chi connectivity index (χ0) is 7.68. The zero-order valence-corrected chi connectivity index (χ0v) is 6.61. The summed E-state index contributed by atoms with van der Waals surface area (Å²) in [6.45, 7) is 0. The van der Waals surface area contributed by atoms with Crippen molar-refractivity contribution in [1.29, 1.82) is 0 Å². The van der Waals surface area contributed by atoms with E-state index in [9.17, 15) is 5.11 Å². The van der Waals surface area contributed by atoms with E-state index in [0.29, 0.717) is 11.8 Å². The Bertz CT molecular complexity index is 193. The smallest absolute Gasteiger partial charge is 0.0546 e. The molecule has 2 aliphatic carbocycles. The Kier molecular flexibility index (Phi) is 1.82. The van der Waals surface area contributed by atoms with Gasteiger partial charge in [0.2, 0.25) is 0 Å². The Hall–Kier alpha value is -0.560. The van der Waals surface area contributed by atoms with Crippen molar-refractivity contribution in [3.05, 3.63) is 24.3 Å². The van der Waals surface area contributed by atoms with Crippen LogP contribution in [-0.4, -0.2) is 11.2 Å². The molecular formula is C10H14O. The van der Waals surface area contributed by atoms with E-state index in [1.54, 1.807) is 0 Å². The van der Waals surface area contributed by atoms with Gasteiger partial charge in [-0.05, 0) is 31.1 Å². The van der Waals surface area contributed by atoms with Gasteiger partial charge < -0.3 is 5.11 Å². The molecule has 1 nitrogen and oxygen atoms in total. The SMILES string of the molecule is O[C@@H]1CCC2C=CC=CC2C1. The van der Waals surface area contributed by atoms with Gasteiger partial charge in [-0.2, -0.15) is 0 Å². The normalized spacial score (nSPS) is 42.1. The first-order valence-electron chi connectivity index (χ1n) is 4.39. The summed E-state index contributed by atoms with van der Waals surface area (Å²) in [5.41, 5.74) is 0. The Labute approximate surface area is 67.4 Å². The molecule has 0 aromatic rings. The monoisotopic (exact) mass is 150 g/mol. The fraction of sp³-hybridized carbons (Fsp3) is 0.600. The van der Waals surface area contributed by atoms with E-state index in [2.05, 4.69) is 24.3 Å². The molecule has 0 aliphatic heterocycles. The van der Waals surface area contributed by atoms with Crippen LogP contribution in [0.1, 0.15) is 19.3 Å². The van der Waals surface area contributed by atoms with Crippen molar-refractivity contribution in [1.82, 2.24) is 0 Å². The average Bonchev–Trinajstić information content (AvgIpc) is 2.04. The van der Waals surface area contributed by atoms with Gasteiger partial charge in [-0.1, -0.05) is 24.3 Å². The third-order valence-electron chi connectivity index (χ3n) is 2.76. The lowest BCUT2D eigenvalue weighted by molar-refractivity contribution is 0.0959. The maximum absolute atomic E-state index is 9.39. The summed E-state index contributed by atoms with van der Waals surface area (Å²) in [5, 5.41) is 9.39. The summed E-state index contributed by atoms with van der Waals surface area (Å²) in [7, 11) is 0. The van der Waals surface area contributed by atoms with E-state index in [4.69, 9.17) is 0 Å². The highest BCUT2D eigenvalue weighted by Gasteiger charge is 2.26. The maximum atomic E-state index is 9.39. The summed E-state index contributed by atoms with van der Waals surface area (Å²) in [5.74, 6) is 1.33. The molecular weight excluding hydrogens is 136 g/mol. The molecule has 2 aliphatic rings. The number of aliphatic hydroxyl groups excluding tert-OH is 1. The molecule has 3 atom stereocenters. The lowest BCUT2D eigenvalue weighted by Gasteiger charge is -2.31. The Balaban J connectivity index is 2.07. The Morgan fingerprint density at radius 3 is 2.55 bits per heavy atom. The number of hydrogen-bond donors (Lipinski definition) is 1. The highest BCUT2D eigenvalue weighted by atomic mass is 16.3. The van der Waals surface area contributed by atoms with E-state index < -0.39 is 0 Å². The summed E-state index contributed by atoms with van der Waals surface area (Å²) in [6, 6.07) is 0. The molecule has 60 valence electrons. The lowest BCUT2D eigenvalue weighted by Crippen LogP contribution is -2.26. The van der Waals surface area contributed by atoms with Crippen molar-refractivity contribution in [2.24, 2.45) is 11.8 Å². The van der Waals surface area contributed by atoms with Crippen molar-refractivity contribution in [2.45, 2.75) is 25.4 Å². The van der Waals surface area contributed by atoms with Gasteiger partial charge >= 0.3 is 0 Å². The van der Waals surface area contributed by atoms with Gasteiger partial charge in [-0.15, -0.1) is 0 Å². The molecule has 0 aromatic heterocycles. The molecule has 1 fully saturated rings. The minimum atomic E-state index is -0.0487. The maximum Gasteiger partial charge on any atom is 0.0546 e. The van der Waals surface area contributed by atoms with Crippen LogP contribution < -0.4 is 0 Å². The summed E-state index contributed by atoms with van der Waals surface area (Å²) in [4.78, 5) is 0. The highest BCUT2D eigenvalue weighted by Crippen LogP contribution is 2.33. The predicted molar refractivity (Wildman–Crippen MR) is 45.1 cm³/mol. The van der Waals surface area contributed by atoms with Crippen LogP contribution in [0, 0.1) is 11.8 Å². The molecule has 2 rings (SSSR count). The summed E-state index contributed by atoms with van der Waals surface area (Å²) >= 11 is 0. The molecule has 11 heavy (non-hydrogen) atoms. The first-order chi connectivity index (χ1) is 5.36. The lowest BCUT2D eigenvalue weighted by atomic mass is 9.76. The number of allylic oxidation sites excluding steroid dienone is 4. The largest absolute Gasteiger partial charge is 0.393 e. The molecule has 0 spiro atoms. The molecule has 1 heteroatoms. The van der Waals surface area contributed by atoms with Crippen molar-refractivity contribution in [2.75, 3.05) is 0 Å². The molecule has 0 heterocycles. The molecule has 1 N–H and O–H groups in total. The van der Waals surface area contributed by atoms with Crippen LogP contribution in [0.15, 0.2) is 24.3 Å². The second-order valence-electron chi connectivity index (χ2n) is 3.56. The van der Waals surface area contributed by atoms with Crippen molar-refractivity contribution < 1.29 is 5.11 Å². The van der Waals surface area contributed by atoms with Crippen LogP contribution in [0.2, 0.25) is 0 Å². The van der Waals surface area contributed by atoms with Gasteiger partial charge in [0, 0.05) is 0 Å². The Morgan fingerprint density at radius 1 is 1.00 bits per heavy atom. The topological polar surface area (TPSA) is 20.2 Å². The van der Waals surface area contributed by atoms with Crippen molar-refractivity contribution in [3.8, 4) is 0 Å². The minimum absolute atomic E-state index is 0.0487. The van der Waals surface area contributed by atoms with Crippen LogP contribution in [0.5, 0.6) is 0 Å². The molecule has 0 radical (unpaired) electrons. The van der Waals surface area contributed by atoms with Crippen molar-refractivity contribution >= 4 is 0 Å². The van der Waals surface area contributed by atoms with E-state index in [1.165, 1.54) is 0 Å². The third-order valence-corrected chi connectivity index (χ3v) is 2.76. The van der Waals surface area contributed by atoms with Crippen LogP contribution in [0.4, 0.5) is 0 Å². The summed E-state index contributed by atoms with van der Waals surface area (Å²) in [6.07, 6.45) is 11.8. The summed E-state index contributed by atoms with van der Waals surface area (Å²) < 4.78 is 0. The van der Waals surface area contributed by atoms with Crippen LogP contribution in [-0.2, 0) is 0 Å². The quantitative estimate of drug-likeness (QED) is 0.559. The molecule has 1 saturated carbocycles. The third kappa shape index (κ3) is 1.38. The van der Waals surface area contributed by atoms with E-state index >= 15 is 0 Å². The van der Waals surface area contributed by atoms with Crippen LogP contribution in [0.25, 0.3) is 0 Å². The fourth-order valence-corrected chi connectivity index (χ4v) is 2.08. The van der Waals surface area contributed by atoms with Gasteiger partial charge in [-0.25, -0.2) is 0 Å². The molecule has 0 aromatic carbocycles. The predicted octanol–water partition coefficient (Wildman–Crippen LogP) is 1.89. The van der Waals surface area contributed by atoms with Gasteiger partial charge in [-0.3, -0.25) is 0 Å². The highest BCUT2D eigenvalue weighted by molar-refractivity contribution is 5.15. The number of hydrogen-bond acceptors (Lipinski definition) is 1. The molecule has 0 bridgehead atoms. The fourth-order valence-electron chi connectivity index (χ4n) is 2.08. The number of aliphatic hydroxyl groups is 1. The average molecular weight is 150 g/mol. The van der Waals surface area contributed by atoms with Gasteiger partial charge in [0.05, 0.1) is 6.10 Å². The zero-order valence-electron chi connectivity index (χ0n) is 6.61. The van der Waals surface area contributed by atoms with Gasteiger partial charge in [0.25, 0.3) is 0 Å². The second-order valence-corrected chi connectivity index (χ2v) is 3.56. The first-order valence-corrected chi connectivity index (χ1v) is 4.39. The van der Waals surface area contributed by atoms with Gasteiger partial charge in [0.15, 0.2) is 0 Å².